The van der Waals surface area contributed by atoms with Gasteiger partial charge in [0.05, 0.1) is 29.1 Å². The van der Waals surface area contributed by atoms with Crippen LogP contribution in [-0.2, 0) is 7.05 Å². The van der Waals surface area contributed by atoms with Crippen molar-refractivity contribution in [3.05, 3.63) is 30.2 Å². The van der Waals surface area contributed by atoms with Crippen molar-refractivity contribution in [2.75, 3.05) is 6.61 Å². The molecule has 2 aliphatic carbocycles. The predicted molar refractivity (Wildman–Crippen MR) is 90.6 cm³/mol. The number of hydrogen-bond donors (Lipinski definition) is 1. The van der Waals surface area contributed by atoms with Crippen LogP contribution in [0.15, 0.2) is 24.5 Å². The van der Waals surface area contributed by atoms with Crippen LogP contribution < -0.4 is 0 Å². The van der Waals surface area contributed by atoms with Gasteiger partial charge in [-0.15, -0.1) is 0 Å². The van der Waals surface area contributed by atoms with Crippen LogP contribution in [0.2, 0.25) is 0 Å². The molecule has 0 unspecified atom stereocenters. The molecule has 2 fully saturated rings. The molecule has 124 valence electrons. The van der Waals surface area contributed by atoms with Crippen LogP contribution in [-0.4, -0.2) is 36.3 Å². The summed E-state index contributed by atoms with van der Waals surface area (Å²) in [7, 11) is 1.94. The maximum atomic E-state index is 9.24. The van der Waals surface area contributed by atoms with Gasteiger partial charge in [-0.2, -0.15) is 10.2 Å². The third-order valence-corrected chi connectivity index (χ3v) is 5.45. The number of nitrogens with zero attached hydrogens (tertiary/aromatic N) is 5. The smallest absolute Gasteiger partial charge is 0.109 e. The van der Waals surface area contributed by atoms with Crippen LogP contribution in [0.4, 0.5) is 0 Å². The predicted octanol–water partition coefficient (Wildman–Crippen LogP) is 2.65. The van der Waals surface area contributed by atoms with E-state index in [4.69, 9.17) is 10.1 Å². The average Bonchev–Trinajstić information content (AvgIpc) is 3.21. The molecule has 0 saturated heterocycles. The Morgan fingerprint density at radius 3 is 2.83 bits per heavy atom. The lowest BCUT2D eigenvalue weighted by atomic mass is 9.81. The van der Waals surface area contributed by atoms with Gasteiger partial charge in [0.25, 0.3) is 0 Å². The molecule has 0 aliphatic heterocycles. The van der Waals surface area contributed by atoms with Gasteiger partial charge in [0, 0.05) is 31.3 Å². The second-order valence-electron chi connectivity index (χ2n) is 7.23. The van der Waals surface area contributed by atoms with Crippen LogP contribution in [0, 0.1) is 5.92 Å². The molecule has 24 heavy (non-hydrogen) atoms. The molecule has 6 heteroatoms. The highest BCUT2D eigenvalue weighted by molar-refractivity contribution is 5.78. The molecule has 0 amide bonds. The quantitative estimate of drug-likeness (QED) is 0.801. The SMILES string of the molecule is Cn1ncc2nc(-c3cn(C4CC(CO)C4)nc3C3CC3)ccc21. The molecule has 0 radical (unpaired) electrons. The van der Waals surface area contributed by atoms with Crippen LogP contribution >= 0.6 is 0 Å². The van der Waals surface area contributed by atoms with Gasteiger partial charge in [-0.05, 0) is 43.7 Å². The lowest BCUT2D eigenvalue weighted by Gasteiger charge is -2.34. The Morgan fingerprint density at radius 1 is 1.25 bits per heavy atom. The van der Waals surface area contributed by atoms with Crippen LogP contribution in [0.5, 0.6) is 0 Å². The largest absolute Gasteiger partial charge is 0.396 e. The number of rotatable bonds is 4. The first-order valence-corrected chi connectivity index (χ1v) is 8.72. The molecule has 0 bridgehead atoms. The van der Waals surface area contributed by atoms with E-state index in [-0.39, 0.29) is 0 Å². The van der Waals surface area contributed by atoms with Crippen LogP contribution in [0.3, 0.4) is 0 Å². The number of fused-ring (bicyclic) bond motifs is 1. The van der Waals surface area contributed by atoms with Gasteiger partial charge >= 0.3 is 0 Å². The van der Waals surface area contributed by atoms with E-state index in [1.807, 2.05) is 17.9 Å². The molecule has 6 nitrogen and oxygen atoms in total. The van der Waals surface area contributed by atoms with E-state index in [1.54, 1.807) is 0 Å². The zero-order valence-corrected chi connectivity index (χ0v) is 13.8. The molecule has 0 spiro atoms. The summed E-state index contributed by atoms with van der Waals surface area (Å²) in [5.41, 5.74) is 5.31. The molecule has 2 saturated carbocycles. The third-order valence-electron chi connectivity index (χ3n) is 5.45. The summed E-state index contributed by atoms with van der Waals surface area (Å²) in [5.74, 6) is 1.03. The fourth-order valence-corrected chi connectivity index (χ4v) is 3.70. The van der Waals surface area contributed by atoms with E-state index < -0.39 is 0 Å². The molecule has 5 rings (SSSR count). The average molecular weight is 323 g/mol. The minimum atomic E-state index is 0.291. The van der Waals surface area contributed by atoms with Gasteiger partial charge in [0.15, 0.2) is 0 Å². The van der Waals surface area contributed by atoms with Crippen molar-refractivity contribution in [3.63, 3.8) is 0 Å². The molecule has 0 aromatic carbocycles. The summed E-state index contributed by atoms with van der Waals surface area (Å²) in [6.45, 7) is 0.291. The lowest BCUT2D eigenvalue weighted by molar-refractivity contribution is 0.105. The first kappa shape index (κ1) is 14.2. The molecule has 2 aliphatic rings. The number of pyridine rings is 1. The fraction of sp³-hybridized carbons (Fsp3) is 0.500. The highest BCUT2D eigenvalue weighted by Gasteiger charge is 2.34. The molecule has 3 aromatic heterocycles. The van der Waals surface area contributed by atoms with Gasteiger partial charge in [-0.1, -0.05) is 0 Å². The Morgan fingerprint density at radius 2 is 2.08 bits per heavy atom. The van der Waals surface area contributed by atoms with E-state index in [0.717, 1.165) is 35.1 Å². The Kier molecular flexibility index (Phi) is 3.03. The van der Waals surface area contributed by atoms with Crippen molar-refractivity contribution in [2.24, 2.45) is 13.0 Å². The topological polar surface area (TPSA) is 68.8 Å². The summed E-state index contributed by atoms with van der Waals surface area (Å²) in [6.07, 6.45) is 8.48. The van der Waals surface area contributed by atoms with Gasteiger partial charge < -0.3 is 5.11 Å². The number of aliphatic hydroxyl groups is 1. The highest BCUT2D eigenvalue weighted by atomic mass is 16.3. The Bertz CT molecular complexity index is 901. The van der Waals surface area contributed by atoms with Crippen molar-refractivity contribution >= 4 is 11.0 Å². The third kappa shape index (κ3) is 2.17. The van der Waals surface area contributed by atoms with Gasteiger partial charge in [-0.25, -0.2) is 4.98 Å². The summed E-state index contributed by atoms with van der Waals surface area (Å²) in [4.78, 5) is 4.81. The van der Waals surface area contributed by atoms with E-state index in [2.05, 4.69) is 28.1 Å². The van der Waals surface area contributed by atoms with Crippen LogP contribution in [0.1, 0.15) is 43.3 Å². The monoisotopic (exact) mass is 323 g/mol. The Hall–Kier alpha value is -2.21. The molecule has 0 atom stereocenters. The zero-order valence-electron chi connectivity index (χ0n) is 13.8. The maximum absolute atomic E-state index is 9.24. The first-order valence-electron chi connectivity index (χ1n) is 8.72. The second kappa shape index (κ2) is 5.14. The maximum Gasteiger partial charge on any atom is 0.109 e. The first-order chi connectivity index (χ1) is 11.7. The number of aliphatic hydroxyl groups excluding tert-OH is 1. The second-order valence-corrected chi connectivity index (χ2v) is 7.23. The Labute approximate surface area is 140 Å². The van der Waals surface area contributed by atoms with Crippen LogP contribution in [0.25, 0.3) is 22.3 Å². The van der Waals surface area contributed by atoms with E-state index >= 15 is 0 Å². The van der Waals surface area contributed by atoms with Crippen molar-refractivity contribution in [1.82, 2.24) is 24.5 Å². The van der Waals surface area contributed by atoms with Gasteiger partial charge in [0.2, 0.25) is 0 Å². The standard InChI is InChI=1S/C18H21N5O/c1-22-17-5-4-15(20-16(17)8-19-22)14-9-23(13-6-11(7-13)10-24)21-18(14)12-2-3-12/h4-5,8-9,11-13,24H,2-3,6-7,10H2,1H3. The number of hydrogen-bond acceptors (Lipinski definition) is 4. The molecular weight excluding hydrogens is 302 g/mol. The van der Waals surface area contributed by atoms with Gasteiger partial charge in [0.1, 0.15) is 5.52 Å². The molecule has 3 heterocycles. The summed E-state index contributed by atoms with van der Waals surface area (Å²) >= 11 is 0. The zero-order chi connectivity index (χ0) is 16.3. The fourth-order valence-electron chi connectivity index (χ4n) is 3.70. The molecule has 3 aromatic rings. The summed E-state index contributed by atoms with van der Waals surface area (Å²) in [6, 6.07) is 4.59. The highest BCUT2D eigenvalue weighted by Crippen LogP contribution is 2.45. The van der Waals surface area contributed by atoms with Crippen molar-refractivity contribution in [1.29, 1.82) is 0 Å². The van der Waals surface area contributed by atoms with E-state index in [1.165, 1.54) is 18.5 Å². The van der Waals surface area contributed by atoms with E-state index in [0.29, 0.717) is 24.5 Å². The molecule has 1 N–H and O–H groups in total. The lowest BCUT2D eigenvalue weighted by Crippen LogP contribution is -2.29. The summed E-state index contributed by atoms with van der Waals surface area (Å²) < 4.78 is 3.96. The Balaban J connectivity index is 1.54. The minimum Gasteiger partial charge on any atom is -0.396 e. The van der Waals surface area contributed by atoms with Gasteiger partial charge in [-0.3, -0.25) is 9.36 Å². The minimum absolute atomic E-state index is 0.291. The van der Waals surface area contributed by atoms with E-state index in [9.17, 15) is 5.11 Å². The normalized spacial score (nSPS) is 23.6. The van der Waals surface area contributed by atoms with Crippen molar-refractivity contribution in [2.45, 2.75) is 37.6 Å². The summed E-state index contributed by atoms with van der Waals surface area (Å²) in [5, 5.41) is 18.4. The number of aromatic nitrogens is 5. The van der Waals surface area contributed by atoms with Crippen molar-refractivity contribution < 1.29 is 5.11 Å². The van der Waals surface area contributed by atoms with Crippen molar-refractivity contribution in [3.8, 4) is 11.3 Å². The molecular formula is C18H21N5O. The number of aryl methyl sites for hydroxylation is 1.